The molecule has 3 aromatic heterocycles. The van der Waals surface area contributed by atoms with Crippen LogP contribution in [-0.4, -0.2) is 36.4 Å². The Hall–Kier alpha value is -2.76. The van der Waals surface area contributed by atoms with Crippen molar-refractivity contribution in [3.05, 3.63) is 59.3 Å². The predicted octanol–water partition coefficient (Wildman–Crippen LogP) is 2.26. The van der Waals surface area contributed by atoms with E-state index >= 15 is 0 Å². The molecule has 2 bridgehead atoms. The van der Waals surface area contributed by atoms with Crippen molar-refractivity contribution in [3.63, 3.8) is 0 Å². The van der Waals surface area contributed by atoms with E-state index in [9.17, 15) is 4.79 Å². The summed E-state index contributed by atoms with van der Waals surface area (Å²) in [6.45, 7) is 1.99. The Kier molecular flexibility index (Phi) is 3.13. The minimum absolute atomic E-state index is 0.124. The summed E-state index contributed by atoms with van der Waals surface area (Å²) in [5.41, 5.74) is 5.21. The van der Waals surface area contributed by atoms with Crippen LogP contribution in [0.2, 0.25) is 0 Å². The van der Waals surface area contributed by atoms with Crippen LogP contribution in [0.4, 0.5) is 0 Å². The number of rotatable bonds is 2. The maximum Gasteiger partial charge on any atom is 0.227 e. The van der Waals surface area contributed by atoms with Crippen molar-refractivity contribution in [3.8, 4) is 0 Å². The molecule has 0 saturated carbocycles. The van der Waals surface area contributed by atoms with Gasteiger partial charge in [-0.3, -0.25) is 9.78 Å². The first-order chi connectivity index (χ1) is 12.2. The lowest BCUT2D eigenvalue weighted by atomic mass is 9.98. The van der Waals surface area contributed by atoms with Gasteiger partial charge in [0.25, 0.3) is 0 Å². The molecule has 0 N–H and O–H groups in total. The summed E-state index contributed by atoms with van der Waals surface area (Å²) < 4.78 is 1.97. The molecule has 2 unspecified atom stereocenters. The summed E-state index contributed by atoms with van der Waals surface area (Å²) in [6, 6.07) is 6.23. The average Bonchev–Trinajstić information content (AvgIpc) is 3.15. The Balaban J connectivity index is 1.51. The summed E-state index contributed by atoms with van der Waals surface area (Å²) >= 11 is 0. The van der Waals surface area contributed by atoms with E-state index in [0.29, 0.717) is 6.42 Å². The van der Waals surface area contributed by atoms with Crippen molar-refractivity contribution in [2.45, 2.75) is 44.7 Å². The van der Waals surface area contributed by atoms with Crippen LogP contribution in [0.15, 0.2) is 36.8 Å². The van der Waals surface area contributed by atoms with Crippen LogP contribution in [0, 0.1) is 6.92 Å². The van der Waals surface area contributed by atoms with Crippen molar-refractivity contribution >= 4 is 11.6 Å². The molecule has 2 aliphatic rings. The minimum Gasteiger partial charge on any atom is -0.332 e. The number of carbonyl (C=O) groups is 1. The topological polar surface area (TPSA) is 63.4 Å². The number of amides is 1. The van der Waals surface area contributed by atoms with E-state index in [0.717, 1.165) is 41.7 Å². The van der Waals surface area contributed by atoms with E-state index < -0.39 is 0 Å². The smallest absolute Gasteiger partial charge is 0.227 e. The number of aryl methyl sites for hydroxylation is 1. The molecule has 2 atom stereocenters. The zero-order chi connectivity index (χ0) is 17.0. The quantitative estimate of drug-likeness (QED) is 0.722. The molecule has 1 fully saturated rings. The first kappa shape index (κ1) is 14.6. The van der Waals surface area contributed by atoms with Crippen LogP contribution < -0.4 is 0 Å². The maximum atomic E-state index is 13.0. The normalized spacial score (nSPS) is 21.6. The van der Waals surface area contributed by atoms with Crippen LogP contribution in [0.25, 0.3) is 5.65 Å². The third-order valence-electron chi connectivity index (χ3n) is 5.39. The molecule has 5 rings (SSSR count). The fraction of sp³-hybridized carbons (Fsp3) is 0.368. The Morgan fingerprint density at radius 1 is 1.32 bits per heavy atom. The molecule has 0 spiro atoms. The highest BCUT2D eigenvalue weighted by molar-refractivity contribution is 5.80. The Morgan fingerprint density at radius 3 is 3.08 bits per heavy atom. The van der Waals surface area contributed by atoms with Crippen molar-refractivity contribution in [1.82, 2.24) is 24.5 Å². The molecule has 0 aromatic carbocycles. The van der Waals surface area contributed by atoms with Crippen LogP contribution in [0.5, 0.6) is 0 Å². The van der Waals surface area contributed by atoms with Gasteiger partial charge in [0.15, 0.2) is 5.65 Å². The van der Waals surface area contributed by atoms with E-state index in [4.69, 9.17) is 0 Å². The summed E-state index contributed by atoms with van der Waals surface area (Å²) in [6.07, 6.45) is 8.76. The number of hydrogen-bond acceptors (Lipinski definition) is 4. The zero-order valence-corrected chi connectivity index (χ0v) is 14.1. The van der Waals surface area contributed by atoms with Gasteiger partial charge in [0.1, 0.15) is 0 Å². The molecular weight excluding hydrogens is 314 g/mol. The number of aromatic nitrogens is 4. The van der Waals surface area contributed by atoms with Crippen molar-refractivity contribution in [1.29, 1.82) is 0 Å². The molecule has 0 aliphatic carbocycles. The minimum atomic E-state index is 0.124. The Morgan fingerprint density at radius 2 is 2.24 bits per heavy atom. The van der Waals surface area contributed by atoms with Gasteiger partial charge < -0.3 is 4.90 Å². The third kappa shape index (κ3) is 2.24. The molecule has 25 heavy (non-hydrogen) atoms. The van der Waals surface area contributed by atoms with Crippen LogP contribution in [-0.2, 0) is 17.6 Å². The molecule has 5 heterocycles. The van der Waals surface area contributed by atoms with Gasteiger partial charge in [-0.2, -0.15) is 5.10 Å². The lowest BCUT2D eigenvalue weighted by molar-refractivity contribution is -0.134. The van der Waals surface area contributed by atoms with Gasteiger partial charge in [-0.1, -0.05) is 6.07 Å². The molecule has 3 aromatic rings. The molecule has 126 valence electrons. The first-order valence-electron chi connectivity index (χ1n) is 8.75. The summed E-state index contributed by atoms with van der Waals surface area (Å²) in [5.74, 6) is 0.183. The van der Waals surface area contributed by atoms with E-state index in [1.54, 1.807) is 12.4 Å². The monoisotopic (exact) mass is 333 g/mol. The lowest BCUT2D eigenvalue weighted by Gasteiger charge is -2.36. The van der Waals surface area contributed by atoms with Gasteiger partial charge in [0.05, 0.1) is 23.9 Å². The SMILES string of the molecule is Cc1cc2ncc3c(n2n1)CC1CCC3N1C(=O)Cc1cccnc1. The third-order valence-corrected chi connectivity index (χ3v) is 5.39. The fourth-order valence-electron chi connectivity index (χ4n) is 4.35. The first-order valence-corrected chi connectivity index (χ1v) is 8.75. The van der Waals surface area contributed by atoms with Crippen LogP contribution >= 0.6 is 0 Å². The van der Waals surface area contributed by atoms with Gasteiger partial charge >= 0.3 is 0 Å². The second kappa shape index (κ2) is 5.37. The largest absolute Gasteiger partial charge is 0.332 e. The highest BCUT2D eigenvalue weighted by Crippen LogP contribution is 2.43. The molecule has 1 saturated heterocycles. The van der Waals surface area contributed by atoms with E-state index in [1.165, 1.54) is 5.69 Å². The molecule has 6 nitrogen and oxygen atoms in total. The summed E-state index contributed by atoms with van der Waals surface area (Å²) in [5, 5.41) is 4.60. The van der Waals surface area contributed by atoms with Crippen molar-refractivity contribution in [2.24, 2.45) is 0 Å². The van der Waals surface area contributed by atoms with E-state index in [2.05, 4.69) is 20.0 Å². The van der Waals surface area contributed by atoms with E-state index in [1.807, 2.05) is 35.8 Å². The lowest BCUT2D eigenvalue weighted by Crippen LogP contribution is -2.43. The second-order valence-corrected chi connectivity index (χ2v) is 7.01. The number of nitrogens with zero attached hydrogens (tertiary/aromatic N) is 5. The van der Waals surface area contributed by atoms with Gasteiger partial charge in [-0.25, -0.2) is 9.50 Å². The number of pyridine rings is 1. The molecule has 0 radical (unpaired) electrons. The van der Waals surface area contributed by atoms with Gasteiger partial charge in [0.2, 0.25) is 5.91 Å². The van der Waals surface area contributed by atoms with Crippen LogP contribution in [0.1, 0.15) is 41.4 Å². The van der Waals surface area contributed by atoms with Gasteiger partial charge in [0, 0.05) is 42.7 Å². The standard InChI is InChI=1S/C19H19N5O/c1-12-7-18-21-11-15-16-5-4-14(9-17(15)24(18)22-12)23(16)19(25)8-13-3-2-6-20-10-13/h2-3,6-7,10-11,14,16H,4-5,8-9H2,1H3. The highest BCUT2D eigenvalue weighted by atomic mass is 16.2. The van der Waals surface area contributed by atoms with E-state index in [-0.39, 0.29) is 18.0 Å². The number of fused-ring (bicyclic) bond motifs is 6. The fourth-order valence-corrected chi connectivity index (χ4v) is 4.35. The molecule has 2 aliphatic heterocycles. The Labute approximate surface area is 145 Å². The summed E-state index contributed by atoms with van der Waals surface area (Å²) in [7, 11) is 0. The van der Waals surface area contributed by atoms with Crippen LogP contribution in [0.3, 0.4) is 0 Å². The molecular formula is C19H19N5O. The molecule has 6 heteroatoms. The van der Waals surface area contributed by atoms with Crippen molar-refractivity contribution in [2.75, 3.05) is 0 Å². The summed E-state index contributed by atoms with van der Waals surface area (Å²) in [4.78, 5) is 23.7. The Bertz CT molecular complexity index is 965. The number of hydrogen-bond donors (Lipinski definition) is 0. The zero-order valence-electron chi connectivity index (χ0n) is 14.1. The molecule has 1 amide bonds. The average molecular weight is 333 g/mol. The predicted molar refractivity (Wildman–Crippen MR) is 92.0 cm³/mol. The van der Waals surface area contributed by atoms with Crippen molar-refractivity contribution < 1.29 is 4.79 Å². The second-order valence-electron chi connectivity index (χ2n) is 7.01. The van der Waals surface area contributed by atoms with Gasteiger partial charge in [-0.05, 0) is 31.4 Å². The number of carbonyl (C=O) groups excluding carboxylic acids is 1. The maximum absolute atomic E-state index is 13.0. The van der Waals surface area contributed by atoms with Gasteiger partial charge in [-0.15, -0.1) is 0 Å². The highest BCUT2D eigenvalue weighted by Gasteiger charge is 2.43.